The fourth-order valence-corrected chi connectivity index (χ4v) is 2.65. The Morgan fingerprint density at radius 1 is 0.786 bits per heavy atom. The molecule has 0 fully saturated rings. The van der Waals surface area contributed by atoms with Gasteiger partial charge in [0.25, 0.3) is 0 Å². The van der Waals surface area contributed by atoms with Crippen molar-refractivity contribution in [1.29, 1.82) is 0 Å². The molecule has 2 aromatic rings. The van der Waals surface area contributed by atoms with E-state index < -0.39 is 17.5 Å². The Bertz CT molecular complexity index is 847. The molecular formula is C21H25NO6. The van der Waals surface area contributed by atoms with E-state index in [9.17, 15) is 9.59 Å². The molecule has 0 aliphatic rings. The highest BCUT2D eigenvalue weighted by Crippen LogP contribution is 2.36. The van der Waals surface area contributed by atoms with Gasteiger partial charge < -0.3 is 18.9 Å². The van der Waals surface area contributed by atoms with E-state index in [0.29, 0.717) is 17.2 Å². The summed E-state index contributed by atoms with van der Waals surface area (Å²) in [6.07, 6.45) is -0.679. The highest BCUT2D eigenvalue weighted by molar-refractivity contribution is 6.18. The zero-order chi connectivity index (χ0) is 20.9. The van der Waals surface area contributed by atoms with Crippen LogP contribution in [0.1, 0.15) is 36.7 Å². The van der Waals surface area contributed by atoms with Crippen molar-refractivity contribution in [3.05, 3.63) is 47.5 Å². The minimum absolute atomic E-state index is 0.165. The zero-order valence-corrected chi connectivity index (χ0v) is 16.9. The molecule has 0 atom stereocenters. The molecule has 0 spiro atoms. The molecule has 7 nitrogen and oxygen atoms in total. The third kappa shape index (κ3) is 4.73. The molecule has 2 aromatic carbocycles. The quantitative estimate of drug-likeness (QED) is 0.745. The Morgan fingerprint density at radius 3 is 1.71 bits per heavy atom. The molecular weight excluding hydrogens is 362 g/mol. The van der Waals surface area contributed by atoms with E-state index in [1.54, 1.807) is 57.2 Å². The van der Waals surface area contributed by atoms with Crippen LogP contribution < -0.4 is 19.5 Å². The van der Waals surface area contributed by atoms with Crippen LogP contribution in [0, 0.1) is 0 Å². The smallest absolute Gasteiger partial charge is 0.412 e. The number of carbonyl (C=O) groups excluding carboxylic acids is 2. The number of methoxy groups -OCH3 is 3. The molecule has 0 bridgehead atoms. The van der Waals surface area contributed by atoms with Crippen LogP contribution in [0.5, 0.6) is 17.2 Å². The highest BCUT2D eigenvalue weighted by atomic mass is 16.6. The van der Waals surface area contributed by atoms with Gasteiger partial charge in [-0.15, -0.1) is 0 Å². The number of benzene rings is 2. The van der Waals surface area contributed by atoms with Crippen molar-refractivity contribution in [2.24, 2.45) is 0 Å². The molecule has 28 heavy (non-hydrogen) atoms. The number of ketones is 1. The Morgan fingerprint density at radius 2 is 1.25 bits per heavy atom. The molecule has 0 aliphatic heterocycles. The number of carbonyl (C=O) groups is 2. The maximum absolute atomic E-state index is 13.4. The summed E-state index contributed by atoms with van der Waals surface area (Å²) < 4.78 is 21.3. The molecule has 0 aromatic heterocycles. The van der Waals surface area contributed by atoms with Crippen LogP contribution in [0.15, 0.2) is 36.4 Å². The summed E-state index contributed by atoms with van der Waals surface area (Å²) in [5.41, 5.74) is -0.0339. The van der Waals surface area contributed by atoms with Gasteiger partial charge in [0, 0.05) is 0 Å². The van der Waals surface area contributed by atoms with Gasteiger partial charge in [0.1, 0.15) is 28.4 Å². The molecule has 0 unspecified atom stereocenters. The Hall–Kier alpha value is -3.22. The summed E-state index contributed by atoms with van der Waals surface area (Å²) in [5.74, 6) is 0.571. The van der Waals surface area contributed by atoms with Crippen LogP contribution in [0.25, 0.3) is 0 Å². The van der Waals surface area contributed by atoms with E-state index in [2.05, 4.69) is 5.32 Å². The number of hydrogen-bond donors (Lipinski definition) is 1. The van der Waals surface area contributed by atoms with Crippen molar-refractivity contribution in [2.75, 3.05) is 26.6 Å². The topological polar surface area (TPSA) is 83.1 Å². The fourth-order valence-electron chi connectivity index (χ4n) is 2.65. The maximum atomic E-state index is 13.4. The molecule has 0 radical (unpaired) electrons. The number of hydrogen-bond acceptors (Lipinski definition) is 6. The van der Waals surface area contributed by atoms with Crippen molar-refractivity contribution in [3.63, 3.8) is 0 Å². The molecule has 150 valence electrons. The lowest BCUT2D eigenvalue weighted by Gasteiger charge is -2.21. The van der Waals surface area contributed by atoms with Gasteiger partial charge in [0.15, 0.2) is 0 Å². The molecule has 0 saturated heterocycles. The minimum Gasteiger partial charge on any atom is -0.496 e. The summed E-state index contributed by atoms with van der Waals surface area (Å²) in [7, 11) is 4.38. The van der Waals surface area contributed by atoms with Gasteiger partial charge >= 0.3 is 6.09 Å². The average molecular weight is 387 g/mol. The third-order valence-corrected chi connectivity index (χ3v) is 3.76. The molecule has 7 heteroatoms. The van der Waals surface area contributed by atoms with Gasteiger partial charge in [-0.2, -0.15) is 0 Å². The van der Waals surface area contributed by atoms with Gasteiger partial charge in [0.05, 0.1) is 32.6 Å². The Kier molecular flexibility index (Phi) is 6.51. The number of anilines is 1. The van der Waals surface area contributed by atoms with Crippen molar-refractivity contribution in [1.82, 2.24) is 0 Å². The highest BCUT2D eigenvalue weighted by Gasteiger charge is 2.27. The van der Waals surface area contributed by atoms with E-state index in [0.717, 1.165) is 0 Å². The maximum Gasteiger partial charge on any atom is 0.412 e. The van der Waals surface area contributed by atoms with Crippen LogP contribution in [-0.2, 0) is 4.74 Å². The zero-order valence-electron chi connectivity index (χ0n) is 16.9. The summed E-state index contributed by atoms with van der Waals surface area (Å²) in [4.78, 5) is 25.7. The molecule has 0 saturated carbocycles. The Labute approximate surface area is 164 Å². The molecule has 0 aliphatic carbocycles. The molecule has 1 amide bonds. The van der Waals surface area contributed by atoms with Crippen LogP contribution in [0.3, 0.4) is 0 Å². The SMILES string of the molecule is COc1cccc(NC(=O)OC(C)(C)C)c1C(=O)c1c(OC)cccc1OC. The number of rotatable bonds is 6. The number of amides is 1. The van der Waals surface area contributed by atoms with E-state index in [-0.39, 0.29) is 16.8 Å². The van der Waals surface area contributed by atoms with E-state index in [1.165, 1.54) is 21.3 Å². The first-order chi connectivity index (χ1) is 13.2. The predicted octanol–water partition coefficient (Wildman–Crippen LogP) is 4.29. The standard InChI is InChI=1S/C21H25NO6/c1-21(2,3)28-20(24)22-13-9-7-10-14(25-4)17(13)19(23)18-15(26-5)11-8-12-16(18)27-6/h7-12H,1-6H3,(H,22,24). The van der Waals surface area contributed by atoms with Crippen molar-refractivity contribution in [3.8, 4) is 17.2 Å². The first-order valence-corrected chi connectivity index (χ1v) is 8.64. The second kappa shape index (κ2) is 8.65. The second-order valence-electron chi connectivity index (χ2n) is 6.88. The van der Waals surface area contributed by atoms with Gasteiger partial charge in [-0.1, -0.05) is 12.1 Å². The fraction of sp³-hybridized carbons (Fsp3) is 0.333. The largest absolute Gasteiger partial charge is 0.496 e. The number of ether oxygens (including phenoxy) is 4. The molecule has 1 N–H and O–H groups in total. The van der Waals surface area contributed by atoms with Crippen LogP contribution in [0.2, 0.25) is 0 Å². The lowest BCUT2D eigenvalue weighted by Crippen LogP contribution is -2.28. The van der Waals surface area contributed by atoms with Crippen LogP contribution in [0.4, 0.5) is 10.5 Å². The van der Waals surface area contributed by atoms with Gasteiger partial charge in [0.2, 0.25) is 5.78 Å². The summed E-state index contributed by atoms with van der Waals surface area (Å²) in [5, 5.41) is 2.62. The van der Waals surface area contributed by atoms with E-state index in [4.69, 9.17) is 18.9 Å². The molecule has 2 rings (SSSR count). The van der Waals surface area contributed by atoms with Gasteiger partial charge in [-0.25, -0.2) is 4.79 Å². The summed E-state index contributed by atoms with van der Waals surface area (Å²) in [6.45, 7) is 5.26. The van der Waals surface area contributed by atoms with E-state index in [1.807, 2.05) is 0 Å². The summed E-state index contributed by atoms with van der Waals surface area (Å²) >= 11 is 0. The first-order valence-electron chi connectivity index (χ1n) is 8.64. The minimum atomic E-state index is -0.682. The monoisotopic (exact) mass is 387 g/mol. The third-order valence-electron chi connectivity index (χ3n) is 3.76. The van der Waals surface area contributed by atoms with Crippen molar-refractivity contribution < 1.29 is 28.5 Å². The van der Waals surface area contributed by atoms with Crippen LogP contribution >= 0.6 is 0 Å². The second-order valence-corrected chi connectivity index (χ2v) is 6.88. The van der Waals surface area contributed by atoms with Gasteiger partial charge in [-0.3, -0.25) is 10.1 Å². The van der Waals surface area contributed by atoms with Gasteiger partial charge in [-0.05, 0) is 45.0 Å². The van der Waals surface area contributed by atoms with E-state index >= 15 is 0 Å². The average Bonchev–Trinajstić information content (AvgIpc) is 2.64. The lowest BCUT2D eigenvalue weighted by atomic mass is 9.98. The summed E-state index contributed by atoms with van der Waals surface area (Å²) in [6, 6.07) is 9.94. The van der Waals surface area contributed by atoms with Crippen LogP contribution in [-0.4, -0.2) is 38.8 Å². The predicted molar refractivity (Wildman–Crippen MR) is 106 cm³/mol. The Balaban J connectivity index is 2.56. The van der Waals surface area contributed by atoms with Crippen molar-refractivity contribution in [2.45, 2.75) is 26.4 Å². The number of nitrogens with one attached hydrogen (secondary N) is 1. The molecule has 0 heterocycles. The van der Waals surface area contributed by atoms with Crippen molar-refractivity contribution >= 4 is 17.6 Å². The lowest BCUT2D eigenvalue weighted by molar-refractivity contribution is 0.0636. The normalized spacial score (nSPS) is 10.8. The first kappa shape index (κ1) is 21.1.